The molecule has 0 aromatic heterocycles. The minimum absolute atomic E-state index is 0.0448. The summed E-state index contributed by atoms with van der Waals surface area (Å²) in [5.41, 5.74) is 0. The lowest BCUT2D eigenvalue weighted by molar-refractivity contribution is 0.597. The van der Waals surface area contributed by atoms with Gasteiger partial charge in [-0.3, -0.25) is 0 Å². The van der Waals surface area contributed by atoms with E-state index in [1.54, 1.807) is 0 Å². The second-order valence-corrected chi connectivity index (χ2v) is 1.97. The minimum Gasteiger partial charge on any atom is -0.158 e. The fourth-order valence-electron chi connectivity index (χ4n) is 0.0401. The smallest absolute Gasteiger partial charge is 0.158 e. The van der Waals surface area contributed by atoms with Crippen LogP contribution in [0.2, 0.25) is 0 Å². The van der Waals surface area contributed by atoms with E-state index in [2.05, 4.69) is 17.3 Å². The Balaban J connectivity index is 3.05. The van der Waals surface area contributed by atoms with Crippen LogP contribution in [0, 0.1) is 0 Å². The monoisotopic (exact) mass is 142 g/mol. The van der Waals surface area contributed by atoms with E-state index in [4.69, 9.17) is 11.6 Å². The van der Waals surface area contributed by atoms with Crippen LogP contribution in [0.15, 0.2) is 0 Å². The van der Waals surface area contributed by atoms with E-state index in [1.807, 2.05) is 0 Å². The van der Waals surface area contributed by atoms with Crippen LogP contribution in [0.1, 0.15) is 0 Å². The van der Waals surface area contributed by atoms with Crippen LogP contribution < -0.4 is 5.09 Å². The average molecular weight is 143 g/mol. The first-order valence-electron chi connectivity index (χ1n) is 1.10. The van der Waals surface area contributed by atoms with Gasteiger partial charge in [-0.15, -0.1) is 0 Å². The van der Waals surface area contributed by atoms with Gasteiger partial charge in [-0.1, -0.05) is 0 Å². The quantitative estimate of drug-likeness (QED) is 0.257. The van der Waals surface area contributed by atoms with Crippen LogP contribution in [-0.4, -0.2) is 4.45 Å². The molecule has 0 aliphatic rings. The van der Waals surface area contributed by atoms with Gasteiger partial charge in [-0.05, 0) is 28.4 Å². The lowest BCUT2D eigenvalue weighted by Crippen LogP contribution is -1.98. The Hall–Kier alpha value is 0.280. The summed E-state index contributed by atoms with van der Waals surface area (Å²) < 4.78 is 9.53. The number of halogens is 1. The molecule has 0 bridgehead atoms. The zero-order chi connectivity index (χ0) is 4.99. The summed E-state index contributed by atoms with van der Waals surface area (Å²) in [6, 6.07) is 0. The molecular formula is CH2ClNOPS+. The van der Waals surface area contributed by atoms with Crippen LogP contribution in [0.5, 0.6) is 0 Å². The maximum absolute atomic E-state index is 9.48. The normalized spacial score (nSPS) is 8.17. The lowest BCUT2D eigenvalue weighted by Gasteiger charge is -1.70. The molecule has 0 spiro atoms. The summed E-state index contributed by atoms with van der Waals surface area (Å²) in [4.78, 5) is 0. The van der Waals surface area contributed by atoms with E-state index in [0.717, 1.165) is 0 Å². The van der Waals surface area contributed by atoms with Crippen molar-refractivity contribution in [3.05, 3.63) is 0 Å². The summed E-state index contributed by atoms with van der Waals surface area (Å²) in [5.74, 6) is 0. The Kier molecular flexibility index (Phi) is 3.63. The topological polar surface area (TPSA) is 29.1 Å². The summed E-state index contributed by atoms with van der Waals surface area (Å²) in [6.07, 6.45) is 0. The van der Waals surface area contributed by atoms with Crippen molar-refractivity contribution in [1.29, 1.82) is 0 Å². The van der Waals surface area contributed by atoms with E-state index in [9.17, 15) is 4.57 Å². The van der Waals surface area contributed by atoms with E-state index >= 15 is 0 Å². The highest BCUT2D eigenvalue weighted by atomic mass is 35.5. The SMILES string of the molecule is O=[PH+]NC(=S)Cl. The van der Waals surface area contributed by atoms with E-state index in [0.29, 0.717) is 0 Å². The van der Waals surface area contributed by atoms with E-state index < -0.39 is 8.61 Å². The van der Waals surface area contributed by atoms with Gasteiger partial charge in [0.15, 0.2) is 0 Å². The molecule has 0 aromatic carbocycles. The third kappa shape index (κ3) is 4.28. The van der Waals surface area contributed by atoms with Crippen molar-refractivity contribution < 1.29 is 4.57 Å². The van der Waals surface area contributed by atoms with Gasteiger partial charge in [0, 0.05) is 0 Å². The van der Waals surface area contributed by atoms with Crippen molar-refractivity contribution in [3.63, 3.8) is 0 Å². The van der Waals surface area contributed by atoms with Gasteiger partial charge in [0.2, 0.25) is 4.45 Å². The molecule has 1 N–H and O–H groups in total. The van der Waals surface area contributed by atoms with Gasteiger partial charge in [-0.25, -0.2) is 0 Å². The van der Waals surface area contributed by atoms with Crippen molar-refractivity contribution in [1.82, 2.24) is 5.09 Å². The number of rotatable bonds is 1. The zero-order valence-corrected chi connectivity index (χ0v) is 5.27. The average Bonchev–Trinajstić information content (AvgIpc) is 1.35. The van der Waals surface area contributed by atoms with E-state index in [1.165, 1.54) is 0 Å². The maximum atomic E-state index is 9.48. The molecule has 0 saturated carbocycles. The summed E-state index contributed by atoms with van der Waals surface area (Å²) in [7, 11) is -0.635. The molecule has 0 aromatic rings. The maximum Gasteiger partial charge on any atom is 0.447 e. The highest BCUT2D eigenvalue weighted by molar-refractivity contribution is 7.83. The first-order chi connectivity index (χ1) is 2.77. The Bertz CT molecular complexity index is 75.9. The van der Waals surface area contributed by atoms with Gasteiger partial charge in [-0.2, -0.15) is 5.09 Å². The van der Waals surface area contributed by atoms with Gasteiger partial charge < -0.3 is 0 Å². The molecule has 0 radical (unpaired) electrons. The summed E-state index contributed by atoms with van der Waals surface area (Å²) in [5, 5.41) is 2.18. The zero-order valence-electron chi connectivity index (χ0n) is 2.69. The third-order valence-electron chi connectivity index (χ3n) is 0.149. The standard InChI is InChI=1S/CHClNOPS/c2-1(6)3-5-4/h(H,3,4,6)/p+1. The minimum atomic E-state index is -0.635. The first kappa shape index (κ1) is 6.28. The fraction of sp³-hybridized carbons (Fsp3) is 0. The number of hydrogen-bond acceptors (Lipinski definition) is 2. The highest BCUT2D eigenvalue weighted by Gasteiger charge is 1.86. The molecule has 0 rings (SSSR count). The number of thiocarbonyl (C=S) groups is 1. The Labute approximate surface area is 47.1 Å². The molecule has 0 saturated heterocycles. The molecular weight excluding hydrogens is 141 g/mol. The van der Waals surface area contributed by atoms with Gasteiger partial charge in [0.1, 0.15) is 0 Å². The molecule has 34 valence electrons. The third-order valence-corrected chi connectivity index (χ3v) is 1.04. The Morgan fingerprint density at radius 1 is 2.00 bits per heavy atom. The predicted octanol–water partition coefficient (Wildman–Crippen LogP) is 1.04. The molecule has 1 unspecified atom stereocenters. The molecule has 0 aliphatic carbocycles. The van der Waals surface area contributed by atoms with E-state index in [-0.39, 0.29) is 4.45 Å². The van der Waals surface area contributed by atoms with Crippen molar-refractivity contribution in [2.24, 2.45) is 0 Å². The Morgan fingerprint density at radius 3 is 2.50 bits per heavy atom. The first-order valence-corrected chi connectivity index (χ1v) is 2.79. The number of hydrogen-bond donors (Lipinski definition) is 1. The van der Waals surface area contributed by atoms with Gasteiger partial charge in [0.25, 0.3) is 0 Å². The van der Waals surface area contributed by atoms with Crippen molar-refractivity contribution in [3.8, 4) is 0 Å². The molecule has 6 heavy (non-hydrogen) atoms. The Morgan fingerprint density at radius 2 is 2.50 bits per heavy atom. The van der Waals surface area contributed by atoms with Crippen LogP contribution in [0.4, 0.5) is 0 Å². The largest absolute Gasteiger partial charge is 0.447 e. The van der Waals surface area contributed by atoms with Crippen LogP contribution >= 0.6 is 32.4 Å². The second-order valence-electron chi connectivity index (χ2n) is 0.501. The predicted molar refractivity (Wildman–Crippen MR) is 30.6 cm³/mol. The van der Waals surface area contributed by atoms with Gasteiger partial charge >= 0.3 is 8.61 Å². The summed E-state index contributed by atoms with van der Waals surface area (Å²) in [6.45, 7) is 0. The molecule has 0 aliphatic heterocycles. The molecule has 0 amide bonds. The molecule has 5 heteroatoms. The number of nitrogens with one attached hydrogen (secondary N) is 1. The van der Waals surface area contributed by atoms with Crippen molar-refractivity contribution >= 4 is 36.9 Å². The van der Waals surface area contributed by atoms with Crippen molar-refractivity contribution in [2.75, 3.05) is 0 Å². The molecule has 0 heterocycles. The second kappa shape index (κ2) is 3.47. The molecule has 1 atom stereocenters. The van der Waals surface area contributed by atoms with Gasteiger partial charge in [0.05, 0.1) is 0 Å². The molecule has 0 fully saturated rings. The molecule has 2 nitrogen and oxygen atoms in total. The fourth-order valence-corrected chi connectivity index (χ4v) is 0.361. The summed E-state index contributed by atoms with van der Waals surface area (Å²) >= 11 is 9.26. The van der Waals surface area contributed by atoms with Crippen molar-refractivity contribution in [2.45, 2.75) is 0 Å². The lowest BCUT2D eigenvalue weighted by atomic mass is 11.5. The van der Waals surface area contributed by atoms with Crippen LogP contribution in [0.25, 0.3) is 0 Å². The van der Waals surface area contributed by atoms with Crippen LogP contribution in [0.3, 0.4) is 0 Å². The van der Waals surface area contributed by atoms with Crippen LogP contribution in [-0.2, 0) is 4.57 Å². The highest BCUT2D eigenvalue weighted by Crippen LogP contribution is 1.85.